The molecule has 0 saturated heterocycles. The molecule has 0 unspecified atom stereocenters. The van der Waals surface area contributed by atoms with Crippen molar-refractivity contribution in [2.24, 2.45) is 0 Å². The Morgan fingerprint density at radius 1 is 1.11 bits per heavy atom. The largest absolute Gasteiger partial charge is 0.324 e. The molecule has 0 aliphatic rings. The highest BCUT2D eigenvalue weighted by molar-refractivity contribution is 5.92. The van der Waals surface area contributed by atoms with Crippen molar-refractivity contribution in [2.75, 3.05) is 24.5 Å². The Kier molecular flexibility index (Phi) is 6.40. The van der Waals surface area contributed by atoms with Crippen LogP contribution in [0.4, 0.5) is 10.5 Å². The molecular formula is C16H26N2O. The second-order valence-electron chi connectivity index (χ2n) is 4.85. The van der Waals surface area contributed by atoms with Crippen LogP contribution in [0.2, 0.25) is 0 Å². The maximum absolute atomic E-state index is 12.6. The summed E-state index contributed by atoms with van der Waals surface area (Å²) in [6.07, 6.45) is 1.99. The molecule has 0 aliphatic heterocycles. The monoisotopic (exact) mass is 262 g/mol. The average Bonchev–Trinajstić information content (AvgIpc) is 2.39. The molecule has 1 rings (SSSR count). The fraction of sp³-hybridized carbons (Fsp3) is 0.562. The molecule has 0 N–H and O–H groups in total. The number of urea groups is 1. The lowest BCUT2D eigenvalue weighted by atomic mass is 10.2. The van der Waals surface area contributed by atoms with Gasteiger partial charge in [0.25, 0.3) is 0 Å². The Bertz CT molecular complexity index is 397. The maximum atomic E-state index is 12.6. The van der Waals surface area contributed by atoms with Gasteiger partial charge in [0.15, 0.2) is 0 Å². The maximum Gasteiger partial charge on any atom is 0.324 e. The molecule has 2 amide bonds. The van der Waals surface area contributed by atoms with E-state index in [1.165, 1.54) is 5.56 Å². The van der Waals surface area contributed by atoms with E-state index in [9.17, 15) is 4.79 Å². The van der Waals surface area contributed by atoms with Crippen LogP contribution < -0.4 is 4.90 Å². The summed E-state index contributed by atoms with van der Waals surface area (Å²) in [5.41, 5.74) is 2.17. The van der Waals surface area contributed by atoms with Crippen LogP contribution in [-0.2, 0) is 0 Å². The molecule has 1 aromatic carbocycles. The third-order valence-electron chi connectivity index (χ3n) is 3.12. The summed E-state index contributed by atoms with van der Waals surface area (Å²) in [7, 11) is 0. The van der Waals surface area contributed by atoms with Crippen molar-refractivity contribution in [3.8, 4) is 0 Å². The molecule has 19 heavy (non-hydrogen) atoms. The van der Waals surface area contributed by atoms with Crippen LogP contribution in [0.25, 0.3) is 0 Å². The molecule has 0 aliphatic carbocycles. The van der Waals surface area contributed by atoms with Crippen molar-refractivity contribution in [1.82, 2.24) is 4.90 Å². The van der Waals surface area contributed by atoms with Crippen LogP contribution in [0.5, 0.6) is 0 Å². The Morgan fingerprint density at radius 3 is 2.21 bits per heavy atom. The first-order chi connectivity index (χ1) is 9.13. The zero-order valence-corrected chi connectivity index (χ0v) is 12.6. The van der Waals surface area contributed by atoms with Crippen molar-refractivity contribution in [3.05, 3.63) is 29.8 Å². The topological polar surface area (TPSA) is 23.6 Å². The first kappa shape index (κ1) is 15.5. The van der Waals surface area contributed by atoms with Gasteiger partial charge in [-0.15, -0.1) is 0 Å². The van der Waals surface area contributed by atoms with Gasteiger partial charge in [0.2, 0.25) is 0 Å². The van der Waals surface area contributed by atoms with E-state index >= 15 is 0 Å². The number of carbonyl (C=O) groups is 1. The quantitative estimate of drug-likeness (QED) is 0.758. The van der Waals surface area contributed by atoms with Gasteiger partial charge >= 0.3 is 6.03 Å². The summed E-state index contributed by atoms with van der Waals surface area (Å²) in [5.74, 6) is 0. The fourth-order valence-electron chi connectivity index (χ4n) is 2.24. The number of rotatable bonds is 6. The van der Waals surface area contributed by atoms with Crippen LogP contribution in [0.1, 0.15) is 39.2 Å². The molecule has 0 bridgehead atoms. The Balaban J connectivity index is 2.91. The number of hydrogen-bond donors (Lipinski definition) is 0. The summed E-state index contributed by atoms with van der Waals surface area (Å²) in [4.78, 5) is 16.4. The van der Waals surface area contributed by atoms with E-state index in [-0.39, 0.29) is 6.03 Å². The van der Waals surface area contributed by atoms with E-state index in [0.717, 1.165) is 31.6 Å². The molecule has 106 valence electrons. The SMILES string of the molecule is CCCN(CCC)C(=O)N(CC)c1cccc(C)c1. The predicted molar refractivity (Wildman–Crippen MR) is 81.8 cm³/mol. The summed E-state index contributed by atoms with van der Waals surface area (Å²) in [6, 6.07) is 8.25. The molecule has 0 atom stereocenters. The molecule has 0 spiro atoms. The molecule has 0 heterocycles. The minimum absolute atomic E-state index is 0.122. The molecule has 0 saturated carbocycles. The van der Waals surface area contributed by atoms with E-state index in [1.54, 1.807) is 0 Å². The highest BCUT2D eigenvalue weighted by Gasteiger charge is 2.19. The summed E-state index contributed by atoms with van der Waals surface area (Å²) < 4.78 is 0. The lowest BCUT2D eigenvalue weighted by Gasteiger charge is -2.30. The van der Waals surface area contributed by atoms with Gasteiger partial charge in [-0.05, 0) is 44.4 Å². The molecule has 0 radical (unpaired) electrons. The zero-order valence-electron chi connectivity index (χ0n) is 12.6. The van der Waals surface area contributed by atoms with Crippen molar-refractivity contribution < 1.29 is 4.79 Å². The van der Waals surface area contributed by atoms with Gasteiger partial charge in [-0.3, -0.25) is 4.90 Å². The van der Waals surface area contributed by atoms with Crippen molar-refractivity contribution in [1.29, 1.82) is 0 Å². The standard InChI is InChI=1S/C16H26N2O/c1-5-11-17(12-6-2)16(19)18(7-3)15-10-8-9-14(4)13-15/h8-10,13H,5-7,11-12H2,1-4H3. The molecule has 3 heteroatoms. The van der Waals surface area contributed by atoms with E-state index in [2.05, 4.69) is 32.9 Å². The third kappa shape index (κ3) is 4.27. The fourth-order valence-corrected chi connectivity index (χ4v) is 2.24. The van der Waals surface area contributed by atoms with Crippen molar-refractivity contribution >= 4 is 11.7 Å². The van der Waals surface area contributed by atoms with Crippen molar-refractivity contribution in [2.45, 2.75) is 40.5 Å². The van der Waals surface area contributed by atoms with Gasteiger partial charge in [0, 0.05) is 25.3 Å². The highest BCUT2D eigenvalue weighted by atomic mass is 16.2. The Morgan fingerprint density at radius 2 is 1.74 bits per heavy atom. The van der Waals surface area contributed by atoms with Gasteiger partial charge < -0.3 is 4.90 Å². The number of benzene rings is 1. The van der Waals surface area contributed by atoms with Crippen molar-refractivity contribution in [3.63, 3.8) is 0 Å². The lowest BCUT2D eigenvalue weighted by Crippen LogP contribution is -2.44. The number of hydrogen-bond acceptors (Lipinski definition) is 1. The summed E-state index contributed by atoms with van der Waals surface area (Å²) in [6.45, 7) is 10.7. The molecule has 0 aromatic heterocycles. The molecule has 0 fully saturated rings. The number of aryl methyl sites for hydroxylation is 1. The summed E-state index contributed by atoms with van der Waals surface area (Å²) >= 11 is 0. The second-order valence-corrected chi connectivity index (χ2v) is 4.85. The number of nitrogens with zero attached hydrogens (tertiary/aromatic N) is 2. The number of anilines is 1. The first-order valence-corrected chi connectivity index (χ1v) is 7.27. The summed E-state index contributed by atoms with van der Waals surface area (Å²) in [5, 5.41) is 0. The van der Waals surface area contributed by atoms with Crippen LogP contribution in [-0.4, -0.2) is 30.6 Å². The van der Waals surface area contributed by atoms with Crippen LogP contribution in [0.3, 0.4) is 0 Å². The highest BCUT2D eigenvalue weighted by Crippen LogP contribution is 2.17. The van der Waals surface area contributed by atoms with Gasteiger partial charge in [0.05, 0.1) is 0 Å². The Hall–Kier alpha value is -1.51. The molecular weight excluding hydrogens is 236 g/mol. The van der Waals surface area contributed by atoms with Gasteiger partial charge in [-0.25, -0.2) is 4.79 Å². The molecule has 1 aromatic rings. The van der Waals surface area contributed by atoms with Gasteiger partial charge in [-0.1, -0.05) is 26.0 Å². The van der Waals surface area contributed by atoms with Gasteiger partial charge in [0.1, 0.15) is 0 Å². The van der Waals surface area contributed by atoms with E-state index < -0.39 is 0 Å². The number of carbonyl (C=O) groups excluding carboxylic acids is 1. The Labute approximate surface area is 117 Å². The van der Waals surface area contributed by atoms with Gasteiger partial charge in [-0.2, -0.15) is 0 Å². The lowest BCUT2D eigenvalue weighted by molar-refractivity contribution is 0.205. The van der Waals surface area contributed by atoms with Crippen LogP contribution >= 0.6 is 0 Å². The third-order valence-corrected chi connectivity index (χ3v) is 3.12. The average molecular weight is 262 g/mol. The minimum Gasteiger partial charge on any atom is -0.324 e. The first-order valence-electron chi connectivity index (χ1n) is 7.27. The predicted octanol–water partition coefficient (Wildman–Crippen LogP) is 4.06. The smallest absolute Gasteiger partial charge is 0.324 e. The van der Waals surface area contributed by atoms with E-state index in [0.29, 0.717) is 6.54 Å². The minimum atomic E-state index is 0.122. The zero-order chi connectivity index (χ0) is 14.3. The van der Waals surface area contributed by atoms with Crippen LogP contribution in [0.15, 0.2) is 24.3 Å². The molecule has 3 nitrogen and oxygen atoms in total. The van der Waals surface area contributed by atoms with E-state index in [1.807, 2.05) is 28.9 Å². The van der Waals surface area contributed by atoms with Crippen LogP contribution in [0, 0.1) is 6.92 Å². The number of amides is 2. The van der Waals surface area contributed by atoms with E-state index in [4.69, 9.17) is 0 Å². The second kappa shape index (κ2) is 7.82. The normalized spacial score (nSPS) is 10.3.